The van der Waals surface area contributed by atoms with Gasteiger partial charge >= 0.3 is 0 Å². The molecule has 1 saturated heterocycles. The molecule has 0 spiro atoms. The second-order valence-corrected chi connectivity index (χ2v) is 7.46. The number of aryl methyl sites for hydroxylation is 2. The minimum atomic E-state index is -0.784. The number of piperidine rings is 1. The molecule has 1 fully saturated rings. The zero-order valence-corrected chi connectivity index (χ0v) is 15.1. The van der Waals surface area contributed by atoms with E-state index in [0.29, 0.717) is 6.42 Å². The van der Waals surface area contributed by atoms with Crippen LogP contribution in [0.1, 0.15) is 36.0 Å². The van der Waals surface area contributed by atoms with E-state index in [1.807, 2.05) is 63.2 Å². The number of carbonyl (C=O) groups excluding carboxylic acids is 2. The summed E-state index contributed by atoms with van der Waals surface area (Å²) in [5.74, 6) is -0.825. The predicted octanol–water partition coefficient (Wildman–Crippen LogP) is 3.27. The number of nitrogens with one attached hydrogen (secondary N) is 2. The first-order valence-electron chi connectivity index (χ1n) is 8.84. The Morgan fingerprint density at radius 2 is 2.00 bits per heavy atom. The Labute approximate surface area is 152 Å². The number of carbonyl (C=O) groups is 2. The molecule has 0 aromatic heterocycles. The molecule has 0 aliphatic carbocycles. The predicted molar refractivity (Wildman–Crippen MR) is 99.0 cm³/mol. The molecule has 2 amide bonds. The van der Waals surface area contributed by atoms with Gasteiger partial charge in [-0.25, -0.2) is 0 Å². The van der Waals surface area contributed by atoms with Crippen LogP contribution in [0.2, 0.25) is 0 Å². The van der Waals surface area contributed by atoms with Gasteiger partial charge in [-0.3, -0.25) is 9.59 Å². The Morgan fingerprint density at radius 1 is 1.23 bits per heavy atom. The third-order valence-corrected chi connectivity index (χ3v) is 5.27. The van der Waals surface area contributed by atoms with Gasteiger partial charge in [0.15, 0.2) is 5.72 Å². The largest absolute Gasteiger partial charge is 0.468 e. The molecule has 2 aliphatic rings. The molecule has 0 unspecified atom stereocenters. The monoisotopic (exact) mass is 350 g/mol. The van der Waals surface area contributed by atoms with Crippen LogP contribution in [0.4, 0.5) is 5.69 Å². The van der Waals surface area contributed by atoms with Gasteiger partial charge in [0.05, 0.1) is 0 Å². The molecule has 2 N–H and O–H groups in total. The second-order valence-electron chi connectivity index (χ2n) is 7.46. The molecule has 2 bridgehead atoms. The first-order valence-corrected chi connectivity index (χ1v) is 8.84. The smallest absolute Gasteiger partial charge is 0.237 e. The normalized spacial score (nSPS) is 26.3. The third-order valence-electron chi connectivity index (χ3n) is 5.27. The van der Waals surface area contributed by atoms with Gasteiger partial charge in [-0.05, 0) is 49.6 Å². The molecule has 134 valence electrons. The molecule has 4 rings (SSSR count). The van der Waals surface area contributed by atoms with Crippen LogP contribution in [0.15, 0.2) is 42.5 Å². The SMILES string of the molecule is Cc1ccc(C)c(NC(=O)[C@H]2C(=O)N[C@@]3(C)C[C@H]2c2ccccc2O3)c1. The van der Waals surface area contributed by atoms with Gasteiger partial charge in [-0.1, -0.05) is 30.3 Å². The van der Waals surface area contributed by atoms with Crippen LogP contribution >= 0.6 is 0 Å². The lowest BCUT2D eigenvalue weighted by molar-refractivity contribution is -0.145. The number of anilines is 1. The lowest BCUT2D eigenvalue weighted by atomic mass is 9.74. The molecule has 2 heterocycles. The van der Waals surface area contributed by atoms with Crippen LogP contribution in [0.5, 0.6) is 5.75 Å². The van der Waals surface area contributed by atoms with Crippen LogP contribution in [0.25, 0.3) is 0 Å². The van der Waals surface area contributed by atoms with Gasteiger partial charge < -0.3 is 15.4 Å². The number of amides is 2. The van der Waals surface area contributed by atoms with Gasteiger partial charge in [0.25, 0.3) is 0 Å². The summed E-state index contributed by atoms with van der Waals surface area (Å²) in [7, 11) is 0. The molecule has 2 aliphatic heterocycles. The molecule has 3 atom stereocenters. The van der Waals surface area contributed by atoms with Crippen LogP contribution in [-0.4, -0.2) is 17.5 Å². The van der Waals surface area contributed by atoms with E-state index >= 15 is 0 Å². The Balaban J connectivity index is 1.69. The summed E-state index contributed by atoms with van der Waals surface area (Å²) in [5, 5.41) is 5.84. The fraction of sp³-hybridized carbons (Fsp3) is 0.333. The number of hydrogen-bond donors (Lipinski definition) is 2. The molecule has 5 heteroatoms. The first-order chi connectivity index (χ1) is 12.4. The van der Waals surface area contributed by atoms with Crippen molar-refractivity contribution in [3.63, 3.8) is 0 Å². The van der Waals surface area contributed by atoms with Crippen molar-refractivity contribution in [1.82, 2.24) is 5.32 Å². The fourth-order valence-corrected chi connectivity index (χ4v) is 3.97. The average Bonchev–Trinajstić information content (AvgIpc) is 2.57. The molecular weight excluding hydrogens is 328 g/mol. The maximum Gasteiger partial charge on any atom is 0.237 e. The van der Waals surface area contributed by atoms with Crippen molar-refractivity contribution in [3.8, 4) is 5.75 Å². The van der Waals surface area contributed by atoms with Crippen LogP contribution < -0.4 is 15.4 Å². The maximum atomic E-state index is 13.0. The molecule has 2 aromatic carbocycles. The van der Waals surface area contributed by atoms with E-state index in [-0.39, 0.29) is 17.7 Å². The van der Waals surface area contributed by atoms with Gasteiger partial charge in [-0.2, -0.15) is 0 Å². The van der Waals surface area contributed by atoms with Crippen LogP contribution in [-0.2, 0) is 9.59 Å². The number of rotatable bonds is 2. The van der Waals surface area contributed by atoms with Crippen molar-refractivity contribution in [2.75, 3.05) is 5.32 Å². The van der Waals surface area contributed by atoms with E-state index in [2.05, 4.69) is 10.6 Å². The topological polar surface area (TPSA) is 67.4 Å². The van der Waals surface area contributed by atoms with E-state index in [4.69, 9.17) is 4.74 Å². The fourth-order valence-electron chi connectivity index (χ4n) is 3.97. The Morgan fingerprint density at radius 3 is 2.81 bits per heavy atom. The number of fused-ring (bicyclic) bond motifs is 4. The summed E-state index contributed by atoms with van der Waals surface area (Å²) in [4.78, 5) is 25.8. The lowest BCUT2D eigenvalue weighted by Crippen LogP contribution is -2.62. The van der Waals surface area contributed by atoms with E-state index in [1.165, 1.54) is 0 Å². The summed E-state index contributed by atoms with van der Waals surface area (Å²) in [6, 6.07) is 13.5. The highest BCUT2D eigenvalue weighted by atomic mass is 16.5. The molecular formula is C21H22N2O3. The van der Waals surface area contributed by atoms with E-state index in [9.17, 15) is 9.59 Å². The minimum absolute atomic E-state index is 0.205. The lowest BCUT2D eigenvalue weighted by Gasteiger charge is -2.46. The maximum absolute atomic E-state index is 13.0. The minimum Gasteiger partial charge on any atom is -0.468 e. The van der Waals surface area contributed by atoms with Crippen LogP contribution in [0.3, 0.4) is 0 Å². The van der Waals surface area contributed by atoms with Gasteiger partial charge in [0.2, 0.25) is 11.8 Å². The van der Waals surface area contributed by atoms with E-state index in [0.717, 1.165) is 28.1 Å². The Kier molecular flexibility index (Phi) is 3.75. The van der Waals surface area contributed by atoms with Crippen molar-refractivity contribution >= 4 is 17.5 Å². The summed E-state index contributed by atoms with van der Waals surface area (Å²) in [5.41, 5.74) is 2.92. The van der Waals surface area contributed by atoms with Gasteiger partial charge in [0.1, 0.15) is 11.7 Å². The average molecular weight is 350 g/mol. The third kappa shape index (κ3) is 2.73. The molecule has 0 saturated carbocycles. The highest BCUT2D eigenvalue weighted by molar-refractivity contribution is 6.08. The highest BCUT2D eigenvalue weighted by Crippen LogP contribution is 2.46. The number of para-hydroxylation sites is 1. The quantitative estimate of drug-likeness (QED) is 0.817. The first kappa shape index (κ1) is 16.6. The zero-order valence-electron chi connectivity index (χ0n) is 15.1. The molecule has 2 aromatic rings. The highest BCUT2D eigenvalue weighted by Gasteiger charge is 2.51. The standard InChI is InChI=1S/C21H22N2O3/c1-12-8-9-13(2)16(10-12)22-19(24)18-15-11-21(3,23-20(18)25)26-17-7-5-4-6-14(15)17/h4-10,15,18H,11H2,1-3H3,(H,22,24)(H,23,25)/t15-,18-,21+/m0/s1. The van der Waals surface area contributed by atoms with Crippen molar-refractivity contribution < 1.29 is 14.3 Å². The van der Waals surface area contributed by atoms with Crippen molar-refractivity contribution in [2.24, 2.45) is 5.92 Å². The number of hydrogen-bond acceptors (Lipinski definition) is 3. The Hall–Kier alpha value is -2.82. The second kappa shape index (κ2) is 5.87. The molecule has 5 nitrogen and oxygen atoms in total. The number of ether oxygens (including phenoxy) is 1. The van der Waals surface area contributed by atoms with Crippen molar-refractivity contribution in [1.29, 1.82) is 0 Å². The zero-order chi connectivity index (χ0) is 18.5. The van der Waals surface area contributed by atoms with Crippen LogP contribution in [0, 0.1) is 19.8 Å². The number of benzene rings is 2. The van der Waals surface area contributed by atoms with E-state index in [1.54, 1.807) is 0 Å². The van der Waals surface area contributed by atoms with Gasteiger partial charge in [-0.15, -0.1) is 0 Å². The molecule has 26 heavy (non-hydrogen) atoms. The van der Waals surface area contributed by atoms with E-state index < -0.39 is 11.6 Å². The van der Waals surface area contributed by atoms with Crippen molar-refractivity contribution in [2.45, 2.75) is 38.8 Å². The summed E-state index contributed by atoms with van der Waals surface area (Å²) in [6.45, 7) is 5.77. The summed E-state index contributed by atoms with van der Waals surface area (Å²) in [6.07, 6.45) is 0.570. The Bertz CT molecular complexity index is 908. The summed E-state index contributed by atoms with van der Waals surface area (Å²) >= 11 is 0. The van der Waals surface area contributed by atoms with Gasteiger partial charge in [0, 0.05) is 18.0 Å². The van der Waals surface area contributed by atoms with Crippen molar-refractivity contribution in [3.05, 3.63) is 59.2 Å². The summed E-state index contributed by atoms with van der Waals surface area (Å²) < 4.78 is 5.98. The molecule has 0 radical (unpaired) electrons.